The Hall–Kier alpha value is -2.57. The second-order valence-electron chi connectivity index (χ2n) is 6.50. The molecule has 7 nitrogen and oxygen atoms in total. The first-order valence-corrected chi connectivity index (χ1v) is 8.52. The van der Waals surface area contributed by atoms with Gasteiger partial charge in [0.25, 0.3) is 0 Å². The van der Waals surface area contributed by atoms with Gasteiger partial charge in [-0.05, 0) is 12.0 Å². The van der Waals surface area contributed by atoms with Crippen LogP contribution in [-0.4, -0.2) is 46.7 Å². The Morgan fingerprint density at radius 1 is 1.32 bits per heavy atom. The molecule has 1 spiro atoms. The van der Waals surface area contributed by atoms with Crippen molar-refractivity contribution in [2.75, 3.05) is 13.1 Å². The molecule has 0 saturated carbocycles. The van der Waals surface area contributed by atoms with Crippen LogP contribution in [0.4, 0.5) is 4.79 Å². The fourth-order valence-electron chi connectivity index (χ4n) is 3.50. The molecule has 25 heavy (non-hydrogen) atoms. The molecular weight excluding hydrogens is 324 g/mol. The van der Waals surface area contributed by atoms with E-state index in [0.29, 0.717) is 32.4 Å². The van der Waals surface area contributed by atoms with Crippen LogP contribution in [0, 0.1) is 0 Å². The van der Waals surface area contributed by atoms with Crippen LogP contribution in [0.25, 0.3) is 0 Å². The van der Waals surface area contributed by atoms with Crippen molar-refractivity contribution in [3.05, 3.63) is 35.9 Å². The van der Waals surface area contributed by atoms with Crippen molar-refractivity contribution >= 4 is 18.0 Å². The first-order valence-electron chi connectivity index (χ1n) is 8.52. The minimum atomic E-state index is -1.39. The van der Waals surface area contributed by atoms with Crippen LogP contribution in [0.3, 0.4) is 0 Å². The number of likely N-dealkylation sites (tertiary alicyclic amines) is 1. The van der Waals surface area contributed by atoms with Crippen LogP contribution in [0.5, 0.6) is 0 Å². The van der Waals surface area contributed by atoms with Crippen LogP contribution in [0.1, 0.15) is 44.1 Å². The molecule has 1 saturated heterocycles. The van der Waals surface area contributed by atoms with Crippen molar-refractivity contribution in [2.45, 2.75) is 44.1 Å². The lowest BCUT2D eigenvalue weighted by Gasteiger charge is -2.38. The Bertz CT molecular complexity index is 665. The van der Waals surface area contributed by atoms with E-state index in [1.165, 1.54) is 0 Å². The Kier molecular flexibility index (Phi) is 4.92. The van der Waals surface area contributed by atoms with Crippen molar-refractivity contribution in [1.29, 1.82) is 0 Å². The Balaban J connectivity index is 1.59. The second kappa shape index (κ2) is 7.13. The molecule has 1 aromatic carbocycles. The Morgan fingerprint density at radius 3 is 2.60 bits per heavy atom. The van der Waals surface area contributed by atoms with Gasteiger partial charge in [-0.25, -0.2) is 4.79 Å². The molecule has 2 heterocycles. The van der Waals surface area contributed by atoms with Gasteiger partial charge >= 0.3 is 6.16 Å². The van der Waals surface area contributed by atoms with E-state index in [0.717, 1.165) is 12.0 Å². The lowest BCUT2D eigenvalue weighted by Crippen LogP contribution is -2.48. The molecule has 3 rings (SSSR count). The van der Waals surface area contributed by atoms with Crippen molar-refractivity contribution < 1.29 is 24.3 Å². The predicted octanol–water partition coefficient (Wildman–Crippen LogP) is 2.97. The van der Waals surface area contributed by atoms with E-state index >= 15 is 0 Å². The molecule has 1 atom stereocenters. The summed E-state index contributed by atoms with van der Waals surface area (Å²) in [6, 6.07) is 9.82. The molecule has 1 unspecified atom stereocenters. The molecule has 0 bridgehead atoms. The molecular formula is C18H22N2O5. The third kappa shape index (κ3) is 3.75. The summed E-state index contributed by atoms with van der Waals surface area (Å²) in [4.78, 5) is 30.8. The standard InChI is InChI=1S/C18H22N2O5/c1-2-14(13-6-4-3-5-7-13)16(21)20-10-8-18(9-11-20)12-15(19-25-18)24-17(22)23/h3-7,14H,2,8-12H2,1H3,(H,22,23). The van der Waals surface area contributed by atoms with Gasteiger partial charge in [0.2, 0.25) is 11.8 Å². The van der Waals surface area contributed by atoms with E-state index in [-0.39, 0.29) is 17.7 Å². The molecule has 1 amide bonds. The van der Waals surface area contributed by atoms with Crippen LogP contribution in [0.15, 0.2) is 35.5 Å². The Labute approximate surface area is 146 Å². The maximum Gasteiger partial charge on any atom is 0.512 e. The highest BCUT2D eigenvalue weighted by Gasteiger charge is 2.44. The molecule has 0 radical (unpaired) electrons. The molecule has 1 aromatic rings. The monoisotopic (exact) mass is 346 g/mol. The van der Waals surface area contributed by atoms with Gasteiger partial charge in [0.05, 0.1) is 12.3 Å². The number of carboxylic acid groups (broad SMARTS) is 1. The average Bonchev–Trinajstić information content (AvgIpc) is 2.98. The fourth-order valence-corrected chi connectivity index (χ4v) is 3.50. The number of carbonyl (C=O) groups excluding carboxylic acids is 1. The van der Waals surface area contributed by atoms with Gasteiger partial charge in [-0.1, -0.05) is 42.4 Å². The highest BCUT2D eigenvalue weighted by molar-refractivity contribution is 5.87. The number of ether oxygens (including phenoxy) is 1. The maximum atomic E-state index is 12.9. The van der Waals surface area contributed by atoms with Gasteiger partial charge in [0, 0.05) is 25.9 Å². The second-order valence-corrected chi connectivity index (χ2v) is 6.50. The summed E-state index contributed by atoms with van der Waals surface area (Å²) < 4.78 is 4.59. The van der Waals surface area contributed by atoms with Gasteiger partial charge < -0.3 is 19.6 Å². The molecule has 7 heteroatoms. The van der Waals surface area contributed by atoms with E-state index in [4.69, 9.17) is 9.94 Å². The van der Waals surface area contributed by atoms with Crippen LogP contribution >= 0.6 is 0 Å². The van der Waals surface area contributed by atoms with Crippen molar-refractivity contribution in [1.82, 2.24) is 4.90 Å². The number of carbonyl (C=O) groups is 2. The minimum absolute atomic E-state index is 0.0861. The molecule has 2 aliphatic heterocycles. The zero-order valence-electron chi connectivity index (χ0n) is 14.2. The summed E-state index contributed by atoms with van der Waals surface area (Å²) in [5.41, 5.74) is 0.489. The highest BCUT2D eigenvalue weighted by Crippen LogP contribution is 2.36. The van der Waals surface area contributed by atoms with Crippen LogP contribution in [0.2, 0.25) is 0 Å². The van der Waals surface area contributed by atoms with E-state index in [1.807, 2.05) is 42.2 Å². The van der Waals surface area contributed by atoms with Gasteiger partial charge in [-0.2, -0.15) is 0 Å². The van der Waals surface area contributed by atoms with Crippen molar-refractivity contribution in [3.63, 3.8) is 0 Å². The largest absolute Gasteiger partial charge is 0.512 e. The molecule has 1 fully saturated rings. The minimum Gasteiger partial charge on any atom is -0.449 e. The lowest BCUT2D eigenvalue weighted by molar-refractivity contribution is -0.138. The number of rotatable bonds is 3. The molecule has 2 aliphatic rings. The zero-order chi connectivity index (χ0) is 17.9. The van der Waals surface area contributed by atoms with E-state index < -0.39 is 11.8 Å². The summed E-state index contributed by atoms with van der Waals surface area (Å²) in [5.74, 6) is 0.0781. The number of hydrogen-bond donors (Lipinski definition) is 1. The van der Waals surface area contributed by atoms with Gasteiger partial charge in [0.1, 0.15) is 5.60 Å². The number of benzene rings is 1. The van der Waals surface area contributed by atoms with Crippen LogP contribution in [-0.2, 0) is 14.4 Å². The molecule has 0 aromatic heterocycles. The average molecular weight is 346 g/mol. The quantitative estimate of drug-likeness (QED) is 0.850. The highest BCUT2D eigenvalue weighted by atomic mass is 16.7. The predicted molar refractivity (Wildman–Crippen MR) is 90.3 cm³/mol. The SMILES string of the molecule is CCC(C(=O)N1CCC2(CC1)CC(OC(=O)O)=NO2)c1ccccc1. The summed E-state index contributed by atoms with van der Waals surface area (Å²) in [7, 11) is 0. The third-order valence-electron chi connectivity index (χ3n) is 4.91. The molecule has 1 N–H and O–H groups in total. The van der Waals surface area contributed by atoms with Crippen molar-refractivity contribution in [2.24, 2.45) is 5.16 Å². The summed E-state index contributed by atoms with van der Waals surface area (Å²) in [6.07, 6.45) is 0.915. The van der Waals surface area contributed by atoms with E-state index in [1.54, 1.807) is 0 Å². The smallest absolute Gasteiger partial charge is 0.449 e. The molecule has 134 valence electrons. The van der Waals surface area contributed by atoms with Gasteiger partial charge in [0.15, 0.2) is 0 Å². The zero-order valence-corrected chi connectivity index (χ0v) is 14.2. The van der Waals surface area contributed by atoms with Crippen molar-refractivity contribution in [3.8, 4) is 0 Å². The first kappa shape index (κ1) is 17.3. The van der Waals surface area contributed by atoms with E-state index in [9.17, 15) is 9.59 Å². The number of piperidine rings is 1. The topological polar surface area (TPSA) is 88.4 Å². The van der Waals surface area contributed by atoms with E-state index in [2.05, 4.69) is 9.89 Å². The summed E-state index contributed by atoms with van der Waals surface area (Å²) in [6.45, 7) is 3.15. The molecule has 0 aliphatic carbocycles. The van der Waals surface area contributed by atoms with Crippen LogP contribution < -0.4 is 0 Å². The first-order chi connectivity index (χ1) is 12.0. The van der Waals surface area contributed by atoms with Gasteiger partial charge in [-0.15, -0.1) is 0 Å². The number of oxime groups is 1. The number of nitrogens with zero attached hydrogens (tertiary/aromatic N) is 2. The fraction of sp³-hybridized carbons (Fsp3) is 0.500. The number of hydrogen-bond acceptors (Lipinski definition) is 5. The summed E-state index contributed by atoms with van der Waals surface area (Å²) >= 11 is 0. The lowest BCUT2D eigenvalue weighted by atomic mass is 9.87. The van der Waals surface area contributed by atoms with Gasteiger partial charge in [-0.3, -0.25) is 4.79 Å². The maximum absolute atomic E-state index is 12.9. The summed E-state index contributed by atoms with van der Waals surface area (Å²) in [5, 5.41) is 12.4. The number of amides is 1. The Morgan fingerprint density at radius 2 is 2.00 bits per heavy atom. The third-order valence-corrected chi connectivity index (χ3v) is 4.91. The normalized spacial score (nSPS) is 19.9.